The molecule has 0 bridgehead atoms. The molecule has 2 rings (SSSR count). The van der Waals surface area contributed by atoms with Gasteiger partial charge in [0.05, 0.1) is 7.11 Å². The van der Waals surface area contributed by atoms with E-state index in [1.807, 2.05) is 18.2 Å². The van der Waals surface area contributed by atoms with Crippen LogP contribution in [-0.4, -0.2) is 47.0 Å². The van der Waals surface area contributed by atoms with Crippen molar-refractivity contribution in [3.05, 3.63) is 59.3 Å². The molecular weight excluding hydrogens is 354 g/mol. The Labute approximate surface area is 155 Å². The molecule has 0 spiro atoms. The molecule has 9 nitrogen and oxygen atoms in total. The zero-order valence-corrected chi connectivity index (χ0v) is 14.7. The van der Waals surface area contributed by atoms with Crippen molar-refractivity contribution in [2.45, 2.75) is 18.8 Å². The van der Waals surface area contributed by atoms with E-state index in [0.29, 0.717) is 0 Å². The fourth-order valence-corrected chi connectivity index (χ4v) is 2.22. The summed E-state index contributed by atoms with van der Waals surface area (Å²) in [5, 5.41) is 22.6. The molecule has 2 aromatic rings. The lowest BCUT2D eigenvalue weighted by Crippen LogP contribution is -2.35. The Balaban J connectivity index is 1.88. The monoisotopic (exact) mass is 375 g/mol. The van der Waals surface area contributed by atoms with Gasteiger partial charge in [0.1, 0.15) is 30.2 Å². The third-order valence-electron chi connectivity index (χ3n) is 3.72. The van der Waals surface area contributed by atoms with E-state index in [-0.39, 0.29) is 30.1 Å². The van der Waals surface area contributed by atoms with Crippen molar-refractivity contribution in [3.63, 3.8) is 0 Å². The minimum atomic E-state index is -1.41. The maximum atomic E-state index is 11.7. The standard InChI is InChI=1S/C18H21N3O6/c1-26-17(24)13-7-12(8-20-16(13)19)15(23)14(22)9-21-18(25)27-10-11-5-3-2-4-6-11/h2-8,14-15,22-23H,9-10H2,1H3,(H2,19,20)(H,21,25). The number of aliphatic hydroxyl groups is 2. The SMILES string of the molecule is COC(=O)c1cc(C(O)C(O)CNC(=O)OCc2ccccc2)cnc1N. The smallest absolute Gasteiger partial charge is 0.407 e. The van der Waals surface area contributed by atoms with Crippen LogP contribution < -0.4 is 11.1 Å². The van der Waals surface area contributed by atoms with Crippen molar-refractivity contribution in [2.24, 2.45) is 0 Å². The first-order valence-corrected chi connectivity index (χ1v) is 8.06. The number of ether oxygens (including phenoxy) is 2. The van der Waals surface area contributed by atoms with E-state index in [4.69, 9.17) is 10.5 Å². The van der Waals surface area contributed by atoms with Crippen molar-refractivity contribution in [2.75, 3.05) is 19.4 Å². The summed E-state index contributed by atoms with van der Waals surface area (Å²) in [6.45, 7) is -0.192. The molecule has 27 heavy (non-hydrogen) atoms. The van der Waals surface area contributed by atoms with Crippen LogP contribution in [0.15, 0.2) is 42.6 Å². The molecule has 1 aromatic carbocycles. The first-order chi connectivity index (χ1) is 12.9. The van der Waals surface area contributed by atoms with Gasteiger partial charge in [0, 0.05) is 18.3 Å². The Morgan fingerprint density at radius 2 is 1.96 bits per heavy atom. The van der Waals surface area contributed by atoms with Gasteiger partial charge in [0.2, 0.25) is 0 Å². The molecule has 0 fully saturated rings. The van der Waals surface area contributed by atoms with Crippen molar-refractivity contribution in [3.8, 4) is 0 Å². The number of nitrogen functional groups attached to an aromatic ring is 1. The molecule has 9 heteroatoms. The summed E-state index contributed by atoms with van der Waals surface area (Å²) in [7, 11) is 1.19. The summed E-state index contributed by atoms with van der Waals surface area (Å²) in [5.74, 6) is -0.777. The quantitative estimate of drug-likeness (QED) is 0.520. The van der Waals surface area contributed by atoms with Crippen molar-refractivity contribution in [1.29, 1.82) is 0 Å². The molecule has 144 valence electrons. The molecule has 1 heterocycles. The van der Waals surface area contributed by atoms with E-state index in [1.165, 1.54) is 19.4 Å². The highest BCUT2D eigenvalue weighted by Gasteiger charge is 2.22. The molecule has 5 N–H and O–H groups in total. The maximum absolute atomic E-state index is 11.7. The number of amides is 1. The second-order valence-corrected chi connectivity index (χ2v) is 5.65. The minimum absolute atomic E-state index is 0.0310. The highest BCUT2D eigenvalue weighted by Crippen LogP contribution is 2.20. The summed E-state index contributed by atoms with van der Waals surface area (Å²) in [5.41, 5.74) is 6.53. The molecule has 2 unspecified atom stereocenters. The Bertz CT molecular complexity index is 784. The number of pyridine rings is 1. The van der Waals surface area contributed by atoms with Crippen LogP contribution in [0, 0.1) is 0 Å². The lowest BCUT2D eigenvalue weighted by Gasteiger charge is -2.19. The summed E-state index contributed by atoms with van der Waals surface area (Å²) < 4.78 is 9.59. The summed E-state index contributed by atoms with van der Waals surface area (Å²) in [6, 6.07) is 10.4. The number of nitrogens with two attached hydrogens (primary N) is 1. The fourth-order valence-electron chi connectivity index (χ4n) is 2.22. The third-order valence-corrected chi connectivity index (χ3v) is 3.72. The van der Waals surface area contributed by atoms with E-state index in [9.17, 15) is 19.8 Å². The molecule has 1 amide bonds. The van der Waals surface area contributed by atoms with E-state index >= 15 is 0 Å². The first kappa shape index (κ1) is 20.1. The second kappa shape index (κ2) is 9.51. The maximum Gasteiger partial charge on any atom is 0.407 e. The Morgan fingerprint density at radius 3 is 2.63 bits per heavy atom. The van der Waals surface area contributed by atoms with Crippen LogP contribution in [0.4, 0.5) is 10.6 Å². The number of aromatic nitrogens is 1. The molecule has 0 aliphatic rings. The Hall–Kier alpha value is -3.17. The van der Waals surface area contributed by atoms with Crippen LogP contribution in [0.5, 0.6) is 0 Å². The number of benzene rings is 1. The van der Waals surface area contributed by atoms with Gasteiger partial charge in [-0.1, -0.05) is 30.3 Å². The molecule has 0 saturated heterocycles. The van der Waals surface area contributed by atoms with Crippen LogP contribution >= 0.6 is 0 Å². The van der Waals surface area contributed by atoms with Gasteiger partial charge in [0.15, 0.2) is 0 Å². The minimum Gasteiger partial charge on any atom is -0.465 e. The zero-order chi connectivity index (χ0) is 19.8. The number of methoxy groups -OCH3 is 1. The van der Waals surface area contributed by atoms with Crippen LogP contribution in [0.3, 0.4) is 0 Å². The number of nitrogens with one attached hydrogen (secondary N) is 1. The van der Waals surface area contributed by atoms with Crippen LogP contribution in [0.2, 0.25) is 0 Å². The summed E-state index contributed by atoms with van der Waals surface area (Å²) in [4.78, 5) is 27.1. The van der Waals surface area contributed by atoms with Crippen molar-refractivity contribution in [1.82, 2.24) is 10.3 Å². The topological polar surface area (TPSA) is 144 Å². The highest BCUT2D eigenvalue weighted by molar-refractivity contribution is 5.94. The average Bonchev–Trinajstić information content (AvgIpc) is 2.70. The van der Waals surface area contributed by atoms with E-state index in [2.05, 4.69) is 15.0 Å². The van der Waals surface area contributed by atoms with E-state index in [0.717, 1.165) is 5.56 Å². The predicted molar refractivity (Wildman–Crippen MR) is 95.6 cm³/mol. The summed E-state index contributed by atoms with van der Waals surface area (Å²) in [6.07, 6.45) is -2.28. The van der Waals surface area contributed by atoms with E-state index in [1.54, 1.807) is 12.1 Å². The first-order valence-electron chi connectivity index (χ1n) is 8.06. The van der Waals surface area contributed by atoms with E-state index < -0.39 is 24.3 Å². The van der Waals surface area contributed by atoms with Crippen molar-refractivity contribution >= 4 is 17.9 Å². The van der Waals surface area contributed by atoms with Gasteiger partial charge in [-0.3, -0.25) is 0 Å². The number of esters is 1. The number of aliphatic hydroxyl groups excluding tert-OH is 2. The van der Waals surface area contributed by atoms with Gasteiger partial charge in [-0.15, -0.1) is 0 Å². The largest absolute Gasteiger partial charge is 0.465 e. The number of rotatable bonds is 7. The third kappa shape index (κ3) is 5.66. The fraction of sp³-hybridized carbons (Fsp3) is 0.278. The highest BCUT2D eigenvalue weighted by atomic mass is 16.5. The molecule has 1 aromatic heterocycles. The predicted octanol–water partition coefficient (Wildman–Crippen LogP) is 0.771. The summed E-state index contributed by atoms with van der Waals surface area (Å²) >= 11 is 0. The van der Waals surface area contributed by atoms with Gasteiger partial charge in [-0.25, -0.2) is 14.6 Å². The number of alkyl carbamates (subject to hydrolysis) is 1. The lowest BCUT2D eigenvalue weighted by atomic mass is 10.0. The number of carbonyl (C=O) groups is 2. The van der Waals surface area contributed by atoms with Gasteiger partial charge in [0.25, 0.3) is 0 Å². The molecule has 0 aliphatic carbocycles. The van der Waals surface area contributed by atoms with Gasteiger partial charge in [-0.05, 0) is 11.6 Å². The Morgan fingerprint density at radius 1 is 1.26 bits per heavy atom. The molecule has 0 radical (unpaired) electrons. The molecule has 0 aliphatic heterocycles. The molecule has 2 atom stereocenters. The number of hydrogen-bond acceptors (Lipinski definition) is 8. The van der Waals surface area contributed by atoms with Crippen LogP contribution in [0.1, 0.15) is 27.6 Å². The van der Waals surface area contributed by atoms with Gasteiger partial charge >= 0.3 is 12.1 Å². The number of hydrogen-bond donors (Lipinski definition) is 4. The van der Waals surface area contributed by atoms with Gasteiger partial charge < -0.3 is 30.7 Å². The number of nitrogens with zero attached hydrogens (tertiary/aromatic N) is 1. The average molecular weight is 375 g/mol. The van der Waals surface area contributed by atoms with Crippen LogP contribution in [0.25, 0.3) is 0 Å². The normalized spacial score (nSPS) is 12.7. The van der Waals surface area contributed by atoms with Crippen LogP contribution in [-0.2, 0) is 16.1 Å². The van der Waals surface area contributed by atoms with Gasteiger partial charge in [-0.2, -0.15) is 0 Å². The molecule has 0 saturated carbocycles. The lowest BCUT2D eigenvalue weighted by molar-refractivity contribution is 0.0181. The second-order valence-electron chi connectivity index (χ2n) is 5.65. The zero-order valence-electron chi connectivity index (χ0n) is 14.7. The number of carbonyl (C=O) groups excluding carboxylic acids is 2. The molecular formula is C18H21N3O6. The number of anilines is 1. The Kier molecular flexibility index (Phi) is 7.09. The van der Waals surface area contributed by atoms with Crippen molar-refractivity contribution < 1.29 is 29.3 Å².